The highest BCUT2D eigenvalue weighted by molar-refractivity contribution is 6.32. The van der Waals surface area contributed by atoms with Gasteiger partial charge in [0.2, 0.25) is 0 Å². The van der Waals surface area contributed by atoms with E-state index >= 15 is 0 Å². The largest absolute Gasteiger partial charge is 0.491 e. The molecule has 1 N–H and O–H groups in total. The van der Waals surface area contributed by atoms with Crippen LogP contribution in [0.2, 0.25) is 5.02 Å². The van der Waals surface area contributed by atoms with E-state index in [9.17, 15) is 5.11 Å². The fourth-order valence-corrected chi connectivity index (χ4v) is 2.19. The molecule has 0 heterocycles. The summed E-state index contributed by atoms with van der Waals surface area (Å²) in [7, 11) is 0. The van der Waals surface area contributed by atoms with Crippen molar-refractivity contribution in [3.8, 4) is 5.75 Å². The average Bonchev–Trinajstić information content (AvgIpc) is 2.40. The summed E-state index contributed by atoms with van der Waals surface area (Å²) in [6.07, 6.45) is 4.74. The van der Waals surface area contributed by atoms with Crippen molar-refractivity contribution >= 4 is 11.6 Å². The van der Waals surface area contributed by atoms with Gasteiger partial charge < -0.3 is 9.84 Å². The van der Waals surface area contributed by atoms with Crippen LogP contribution in [-0.2, 0) is 6.61 Å². The lowest BCUT2D eigenvalue weighted by Crippen LogP contribution is -2.12. The molecule has 0 aromatic heterocycles. The van der Waals surface area contributed by atoms with Gasteiger partial charge in [-0.1, -0.05) is 56.8 Å². The Labute approximate surface area is 115 Å². The van der Waals surface area contributed by atoms with Gasteiger partial charge in [0, 0.05) is 5.56 Å². The molecule has 0 aliphatic heterocycles. The zero-order chi connectivity index (χ0) is 13.4. The van der Waals surface area contributed by atoms with Crippen molar-refractivity contribution in [2.75, 3.05) is 6.61 Å². The summed E-state index contributed by atoms with van der Waals surface area (Å²) in [4.78, 5) is 0. The number of para-hydroxylation sites is 1. The SMILES string of the molecule is CCCCC(CC)COc1c(Cl)cccc1CO. The molecule has 1 rings (SSSR count). The molecule has 0 saturated heterocycles. The van der Waals surface area contributed by atoms with Crippen molar-refractivity contribution in [2.24, 2.45) is 5.92 Å². The van der Waals surface area contributed by atoms with Gasteiger partial charge in [-0.15, -0.1) is 0 Å². The highest BCUT2D eigenvalue weighted by Crippen LogP contribution is 2.29. The van der Waals surface area contributed by atoms with Crippen LogP contribution >= 0.6 is 11.6 Å². The molecular formula is C15H23ClO2. The number of benzene rings is 1. The predicted molar refractivity (Wildman–Crippen MR) is 76.2 cm³/mol. The van der Waals surface area contributed by atoms with Gasteiger partial charge in [0.25, 0.3) is 0 Å². The minimum absolute atomic E-state index is 0.0400. The normalized spacial score (nSPS) is 12.4. The van der Waals surface area contributed by atoms with E-state index < -0.39 is 0 Å². The molecule has 0 bridgehead atoms. The molecule has 0 saturated carbocycles. The van der Waals surface area contributed by atoms with E-state index in [1.165, 1.54) is 19.3 Å². The minimum atomic E-state index is -0.0400. The molecule has 1 atom stereocenters. The van der Waals surface area contributed by atoms with Gasteiger partial charge in [-0.05, 0) is 18.4 Å². The van der Waals surface area contributed by atoms with Crippen molar-refractivity contribution in [2.45, 2.75) is 46.1 Å². The Balaban J connectivity index is 2.61. The highest BCUT2D eigenvalue weighted by atomic mass is 35.5. The maximum atomic E-state index is 9.27. The molecule has 0 fully saturated rings. The first-order chi connectivity index (χ1) is 8.72. The molecule has 0 aliphatic rings. The summed E-state index contributed by atoms with van der Waals surface area (Å²) in [6, 6.07) is 5.46. The molecule has 1 unspecified atom stereocenters. The number of rotatable bonds is 8. The van der Waals surface area contributed by atoms with Gasteiger partial charge in [-0.25, -0.2) is 0 Å². The average molecular weight is 271 g/mol. The number of halogens is 1. The Morgan fingerprint density at radius 1 is 1.33 bits per heavy atom. The van der Waals surface area contributed by atoms with E-state index in [0.29, 0.717) is 23.3 Å². The topological polar surface area (TPSA) is 29.5 Å². The van der Waals surface area contributed by atoms with Crippen LogP contribution in [0.3, 0.4) is 0 Å². The first kappa shape index (κ1) is 15.3. The van der Waals surface area contributed by atoms with E-state index in [2.05, 4.69) is 13.8 Å². The predicted octanol–water partition coefficient (Wildman–Crippen LogP) is 4.43. The second-order valence-corrected chi connectivity index (χ2v) is 5.02. The first-order valence-electron chi connectivity index (χ1n) is 6.73. The second-order valence-electron chi connectivity index (χ2n) is 4.61. The molecule has 2 nitrogen and oxygen atoms in total. The number of aliphatic hydroxyl groups is 1. The van der Waals surface area contributed by atoms with Gasteiger partial charge in [0.15, 0.2) is 0 Å². The Hall–Kier alpha value is -0.730. The third-order valence-corrected chi connectivity index (χ3v) is 3.52. The van der Waals surface area contributed by atoms with Crippen LogP contribution in [0.5, 0.6) is 5.75 Å². The van der Waals surface area contributed by atoms with Crippen LogP contribution in [0.4, 0.5) is 0 Å². The number of ether oxygens (including phenoxy) is 1. The summed E-state index contributed by atoms with van der Waals surface area (Å²) < 4.78 is 5.82. The van der Waals surface area contributed by atoms with Crippen LogP contribution in [0.15, 0.2) is 18.2 Å². The van der Waals surface area contributed by atoms with E-state index in [4.69, 9.17) is 16.3 Å². The summed E-state index contributed by atoms with van der Waals surface area (Å²) in [6.45, 7) is 5.02. The molecule has 0 amide bonds. The Morgan fingerprint density at radius 3 is 2.72 bits per heavy atom. The lowest BCUT2D eigenvalue weighted by molar-refractivity contribution is 0.221. The zero-order valence-electron chi connectivity index (χ0n) is 11.3. The molecule has 0 aliphatic carbocycles. The number of hydrogen-bond acceptors (Lipinski definition) is 2. The van der Waals surface area contributed by atoms with Crippen LogP contribution in [0.1, 0.15) is 45.1 Å². The van der Waals surface area contributed by atoms with Crippen molar-refractivity contribution in [3.05, 3.63) is 28.8 Å². The van der Waals surface area contributed by atoms with Crippen molar-refractivity contribution in [1.82, 2.24) is 0 Å². The third kappa shape index (κ3) is 4.51. The quantitative estimate of drug-likeness (QED) is 0.757. The molecule has 1 aromatic rings. The van der Waals surface area contributed by atoms with Gasteiger partial charge in [0.1, 0.15) is 5.75 Å². The number of aliphatic hydroxyl groups excluding tert-OH is 1. The van der Waals surface area contributed by atoms with Gasteiger partial charge >= 0.3 is 0 Å². The van der Waals surface area contributed by atoms with Crippen LogP contribution in [-0.4, -0.2) is 11.7 Å². The Morgan fingerprint density at radius 2 is 2.11 bits per heavy atom. The zero-order valence-corrected chi connectivity index (χ0v) is 12.0. The summed E-state index contributed by atoms with van der Waals surface area (Å²) in [5, 5.41) is 9.84. The van der Waals surface area contributed by atoms with E-state index in [1.54, 1.807) is 6.07 Å². The standard InChI is InChI=1S/C15H23ClO2/c1-3-5-7-12(4-2)11-18-15-13(10-17)8-6-9-14(15)16/h6,8-9,12,17H,3-5,7,10-11H2,1-2H3. The fourth-order valence-electron chi connectivity index (χ4n) is 1.94. The monoisotopic (exact) mass is 270 g/mol. The fraction of sp³-hybridized carbons (Fsp3) is 0.600. The molecule has 0 spiro atoms. The van der Waals surface area contributed by atoms with E-state index in [0.717, 1.165) is 12.0 Å². The lowest BCUT2D eigenvalue weighted by atomic mass is 10.0. The molecule has 3 heteroatoms. The smallest absolute Gasteiger partial charge is 0.143 e. The Bertz CT molecular complexity index is 352. The molecule has 102 valence electrons. The van der Waals surface area contributed by atoms with Crippen LogP contribution in [0.25, 0.3) is 0 Å². The molecule has 1 aromatic carbocycles. The summed E-state index contributed by atoms with van der Waals surface area (Å²) >= 11 is 6.10. The van der Waals surface area contributed by atoms with E-state index in [-0.39, 0.29) is 6.61 Å². The van der Waals surface area contributed by atoms with Crippen molar-refractivity contribution in [1.29, 1.82) is 0 Å². The van der Waals surface area contributed by atoms with Crippen molar-refractivity contribution < 1.29 is 9.84 Å². The first-order valence-corrected chi connectivity index (χ1v) is 7.11. The van der Waals surface area contributed by atoms with Crippen molar-refractivity contribution in [3.63, 3.8) is 0 Å². The van der Waals surface area contributed by atoms with E-state index in [1.807, 2.05) is 12.1 Å². The van der Waals surface area contributed by atoms with Crippen LogP contribution in [0, 0.1) is 5.92 Å². The molecular weight excluding hydrogens is 248 g/mol. The Kier molecular flexibility index (Phi) is 7.14. The lowest BCUT2D eigenvalue weighted by Gasteiger charge is -2.17. The maximum absolute atomic E-state index is 9.27. The summed E-state index contributed by atoms with van der Waals surface area (Å²) in [5.74, 6) is 1.20. The highest BCUT2D eigenvalue weighted by Gasteiger charge is 2.11. The van der Waals surface area contributed by atoms with Gasteiger partial charge in [-0.2, -0.15) is 0 Å². The number of hydrogen-bond donors (Lipinski definition) is 1. The van der Waals surface area contributed by atoms with Gasteiger partial charge in [-0.3, -0.25) is 0 Å². The number of unbranched alkanes of at least 4 members (excludes halogenated alkanes) is 1. The second kappa shape index (κ2) is 8.39. The third-order valence-electron chi connectivity index (χ3n) is 3.23. The van der Waals surface area contributed by atoms with Crippen LogP contribution < -0.4 is 4.74 Å². The molecule has 18 heavy (non-hydrogen) atoms. The summed E-state index contributed by atoms with van der Waals surface area (Å²) in [5.41, 5.74) is 0.757. The van der Waals surface area contributed by atoms with Gasteiger partial charge in [0.05, 0.1) is 18.2 Å². The minimum Gasteiger partial charge on any atom is -0.491 e. The molecule has 0 radical (unpaired) electrons. The maximum Gasteiger partial charge on any atom is 0.143 e.